The van der Waals surface area contributed by atoms with Crippen LogP contribution in [0.4, 0.5) is 0 Å². The zero-order valence-electron chi connectivity index (χ0n) is 14.9. The lowest BCUT2D eigenvalue weighted by molar-refractivity contribution is 0.0683. The van der Waals surface area contributed by atoms with E-state index in [1.807, 2.05) is 29.2 Å². The largest absolute Gasteiger partial charge is 0.338 e. The number of carbonyl (C=O) groups is 1. The van der Waals surface area contributed by atoms with Gasteiger partial charge < -0.3 is 4.90 Å². The summed E-state index contributed by atoms with van der Waals surface area (Å²) in [4.78, 5) is 19.3. The van der Waals surface area contributed by atoms with Crippen molar-refractivity contribution in [3.63, 3.8) is 0 Å². The van der Waals surface area contributed by atoms with E-state index in [-0.39, 0.29) is 5.91 Å². The van der Waals surface area contributed by atoms with E-state index in [1.165, 1.54) is 16.7 Å². The molecule has 1 fully saturated rings. The molecule has 1 aliphatic heterocycles. The lowest BCUT2D eigenvalue weighted by Gasteiger charge is -2.31. The maximum atomic E-state index is 12.6. The fourth-order valence-corrected chi connectivity index (χ4v) is 5.38. The molecule has 26 heavy (non-hydrogen) atoms. The van der Waals surface area contributed by atoms with Crippen molar-refractivity contribution in [1.29, 1.82) is 0 Å². The standard InChI is InChI=1S/C21H22N2OS2/c1-15-5-4-12-23(13-15)20(24)17-10-8-16(9-11-17)14-25-21-22-18-6-2-3-7-19(18)26-21/h2-3,6-11,15H,4-5,12-14H2,1H3. The number of fused-ring (bicyclic) bond motifs is 1. The van der Waals surface area contributed by atoms with Crippen molar-refractivity contribution in [2.75, 3.05) is 13.1 Å². The lowest BCUT2D eigenvalue weighted by Crippen LogP contribution is -2.39. The number of carbonyl (C=O) groups excluding carboxylic acids is 1. The summed E-state index contributed by atoms with van der Waals surface area (Å²) in [6.45, 7) is 3.99. The molecule has 4 rings (SSSR count). The maximum Gasteiger partial charge on any atom is 0.253 e. The summed E-state index contributed by atoms with van der Waals surface area (Å²) >= 11 is 3.49. The lowest BCUT2D eigenvalue weighted by atomic mass is 9.99. The van der Waals surface area contributed by atoms with E-state index in [4.69, 9.17) is 0 Å². The van der Waals surface area contributed by atoms with E-state index in [1.54, 1.807) is 23.1 Å². The van der Waals surface area contributed by atoms with Crippen LogP contribution in [0.25, 0.3) is 10.2 Å². The predicted octanol–water partition coefficient (Wildman–Crippen LogP) is 5.46. The Labute approximate surface area is 162 Å². The maximum absolute atomic E-state index is 12.6. The Morgan fingerprint density at radius 3 is 2.81 bits per heavy atom. The highest BCUT2D eigenvalue weighted by molar-refractivity contribution is 8.00. The number of nitrogens with zero attached hydrogens (tertiary/aromatic N) is 2. The van der Waals surface area contributed by atoms with Crippen molar-refractivity contribution < 1.29 is 4.79 Å². The highest BCUT2D eigenvalue weighted by Gasteiger charge is 2.21. The number of aromatic nitrogens is 1. The van der Waals surface area contributed by atoms with Crippen LogP contribution in [0.1, 0.15) is 35.7 Å². The van der Waals surface area contributed by atoms with Gasteiger partial charge in [-0.25, -0.2) is 4.98 Å². The van der Waals surface area contributed by atoms with Crippen molar-refractivity contribution in [3.05, 3.63) is 59.7 Å². The van der Waals surface area contributed by atoms with Crippen LogP contribution in [-0.4, -0.2) is 28.9 Å². The topological polar surface area (TPSA) is 33.2 Å². The Kier molecular flexibility index (Phi) is 5.27. The average molecular weight is 383 g/mol. The quantitative estimate of drug-likeness (QED) is 0.562. The number of thiazole rings is 1. The molecule has 1 aromatic heterocycles. The second-order valence-electron chi connectivity index (χ2n) is 6.93. The van der Waals surface area contributed by atoms with Crippen LogP contribution in [0.3, 0.4) is 0 Å². The molecule has 0 saturated carbocycles. The third kappa shape index (κ3) is 3.94. The Morgan fingerprint density at radius 2 is 2.04 bits per heavy atom. The first-order valence-electron chi connectivity index (χ1n) is 9.05. The minimum Gasteiger partial charge on any atom is -0.338 e. The fraction of sp³-hybridized carbons (Fsp3) is 0.333. The number of likely N-dealkylation sites (tertiary alicyclic amines) is 1. The number of rotatable bonds is 4. The molecule has 0 spiro atoms. The van der Waals surface area contributed by atoms with Gasteiger partial charge in [-0.05, 0) is 48.6 Å². The van der Waals surface area contributed by atoms with Gasteiger partial charge in [0, 0.05) is 24.4 Å². The fourth-order valence-electron chi connectivity index (χ4n) is 3.36. The van der Waals surface area contributed by atoms with Crippen LogP contribution in [0.5, 0.6) is 0 Å². The molecule has 1 saturated heterocycles. The summed E-state index contributed by atoms with van der Waals surface area (Å²) in [5.74, 6) is 1.65. The highest BCUT2D eigenvalue weighted by atomic mass is 32.2. The molecular formula is C21H22N2OS2. The van der Waals surface area contributed by atoms with E-state index in [0.717, 1.165) is 40.7 Å². The first-order valence-corrected chi connectivity index (χ1v) is 10.9. The number of amides is 1. The summed E-state index contributed by atoms with van der Waals surface area (Å²) in [6, 6.07) is 16.3. The van der Waals surface area contributed by atoms with Crippen LogP contribution >= 0.6 is 23.1 Å². The van der Waals surface area contributed by atoms with Gasteiger partial charge in [0.05, 0.1) is 10.2 Å². The molecule has 1 atom stereocenters. The SMILES string of the molecule is CC1CCCN(C(=O)c2ccc(CSc3nc4ccccc4s3)cc2)C1. The average Bonchev–Trinajstić information content (AvgIpc) is 3.09. The molecule has 2 heterocycles. The Bertz CT molecular complexity index is 871. The minimum atomic E-state index is 0.168. The van der Waals surface area contributed by atoms with Crippen molar-refractivity contribution in [1.82, 2.24) is 9.88 Å². The first-order chi connectivity index (χ1) is 12.7. The molecule has 1 amide bonds. The van der Waals surface area contributed by atoms with E-state index >= 15 is 0 Å². The van der Waals surface area contributed by atoms with Gasteiger partial charge in [-0.3, -0.25) is 4.79 Å². The summed E-state index contributed by atoms with van der Waals surface area (Å²) in [5.41, 5.74) is 3.09. The molecule has 1 aliphatic rings. The van der Waals surface area contributed by atoms with Crippen LogP contribution in [0.2, 0.25) is 0 Å². The van der Waals surface area contributed by atoms with Crippen molar-refractivity contribution in [3.8, 4) is 0 Å². The van der Waals surface area contributed by atoms with Crippen molar-refractivity contribution >= 4 is 39.2 Å². The van der Waals surface area contributed by atoms with Gasteiger partial charge in [0.1, 0.15) is 0 Å². The molecular weight excluding hydrogens is 360 g/mol. The number of benzene rings is 2. The zero-order chi connectivity index (χ0) is 17.9. The van der Waals surface area contributed by atoms with Crippen LogP contribution in [0, 0.1) is 5.92 Å². The zero-order valence-corrected chi connectivity index (χ0v) is 16.5. The van der Waals surface area contributed by atoms with Gasteiger partial charge >= 0.3 is 0 Å². The third-order valence-electron chi connectivity index (χ3n) is 4.78. The Balaban J connectivity index is 1.38. The molecule has 0 aliphatic carbocycles. The molecule has 5 heteroatoms. The monoisotopic (exact) mass is 382 g/mol. The van der Waals surface area contributed by atoms with Gasteiger partial charge in [-0.1, -0.05) is 43.0 Å². The van der Waals surface area contributed by atoms with E-state index in [0.29, 0.717) is 5.92 Å². The normalized spacial score (nSPS) is 17.6. The molecule has 0 bridgehead atoms. The second kappa shape index (κ2) is 7.80. The number of para-hydroxylation sites is 1. The van der Waals surface area contributed by atoms with Crippen molar-refractivity contribution in [2.24, 2.45) is 5.92 Å². The first kappa shape index (κ1) is 17.6. The summed E-state index contributed by atoms with van der Waals surface area (Å²) in [5, 5.41) is 0. The molecule has 1 unspecified atom stereocenters. The van der Waals surface area contributed by atoms with E-state index in [9.17, 15) is 4.79 Å². The van der Waals surface area contributed by atoms with Crippen LogP contribution in [0.15, 0.2) is 52.9 Å². The van der Waals surface area contributed by atoms with Gasteiger partial charge in [0.15, 0.2) is 4.34 Å². The van der Waals surface area contributed by atoms with E-state index in [2.05, 4.69) is 36.2 Å². The molecule has 134 valence electrons. The summed E-state index contributed by atoms with van der Waals surface area (Å²) in [7, 11) is 0. The predicted molar refractivity (Wildman–Crippen MR) is 110 cm³/mol. The summed E-state index contributed by atoms with van der Waals surface area (Å²) in [6.07, 6.45) is 2.34. The van der Waals surface area contributed by atoms with Gasteiger partial charge in [-0.2, -0.15) is 0 Å². The van der Waals surface area contributed by atoms with Crippen LogP contribution in [-0.2, 0) is 5.75 Å². The number of piperidine rings is 1. The molecule has 0 radical (unpaired) electrons. The minimum absolute atomic E-state index is 0.168. The molecule has 3 nitrogen and oxygen atoms in total. The second-order valence-corrected chi connectivity index (χ2v) is 9.18. The molecule has 3 aromatic rings. The Morgan fingerprint density at radius 1 is 1.23 bits per heavy atom. The highest BCUT2D eigenvalue weighted by Crippen LogP contribution is 2.31. The number of hydrogen-bond donors (Lipinski definition) is 0. The van der Waals surface area contributed by atoms with E-state index < -0.39 is 0 Å². The van der Waals surface area contributed by atoms with Gasteiger partial charge in [0.25, 0.3) is 5.91 Å². The smallest absolute Gasteiger partial charge is 0.253 e. The van der Waals surface area contributed by atoms with Gasteiger partial charge in [0.2, 0.25) is 0 Å². The summed E-state index contributed by atoms with van der Waals surface area (Å²) < 4.78 is 2.32. The Hall–Kier alpha value is -1.85. The van der Waals surface area contributed by atoms with Crippen molar-refractivity contribution in [2.45, 2.75) is 29.9 Å². The molecule has 0 N–H and O–H groups in total. The van der Waals surface area contributed by atoms with Gasteiger partial charge in [-0.15, -0.1) is 11.3 Å². The van der Waals surface area contributed by atoms with Crippen LogP contribution < -0.4 is 0 Å². The molecule has 2 aromatic carbocycles. The third-order valence-corrected chi connectivity index (χ3v) is 7.03. The number of thioether (sulfide) groups is 1. The number of hydrogen-bond acceptors (Lipinski definition) is 4.